The fraction of sp³-hybridized carbons (Fsp3) is 0.0566. The molecule has 3 aromatic heterocycles. The van der Waals surface area contributed by atoms with E-state index in [4.69, 9.17) is 29.9 Å². The fourth-order valence-corrected chi connectivity index (χ4v) is 9.09. The van der Waals surface area contributed by atoms with Crippen molar-refractivity contribution in [3.8, 4) is 61.8 Å². The lowest BCUT2D eigenvalue weighted by atomic mass is 10.0. The maximum Gasteiger partial charge on any atom is 0.176 e. The second-order valence-electron chi connectivity index (χ2n) is 15.3. The molecule has 5 aromatic carbocycles. The number of H-pyrrole nitrogens is 2. The van der Waals surface area contributed by atoms with E-state index < -0.39 is 33.7 Å². The number of rotatable bonds is 9. The van der Waals surface area contributed by atoms with Gasteiger partial charge in [0.25, 0.3) is 0 Å². The van der Waals surface area contributed by atoms with Crippen LogP contribution in [0.3, 0.4) is 0 Å². The first kappa shape index (κ1) is 42.0. The van der Waals surface area contributed by atoms with Gasteiger partial charge in [0.1, 0.15) is 17.2 Å². The molecule has 10 rings (SSSR count). The van der Waals surface area contributed by atoms with Crippen LogP contribution in [-0.4, -0.2) is 41.3 Å². The van der Waals surface area contributed by atoms with Gasteiger partial charge in [0.15, 0.2) is 23.3 Å². The molecule has 2 aliphatic heterocycles. The number of nitrogens with zero attached hydrogens (tertiary/aromatic N) is 2. The summed E-state index contributed by atoms with van der Waals surface area (Å²) in [6.45, 7) is 0. The number of nitrogen functional groups attached to an aromatic ring is 1. The maximum absolute atomic E-state index is 16.9. The Labute approximate surface area is 380 Å². The zero-order valence-corrected chi connectivity index (χ0v) is 36.3. The van der Waals surface area contributed by atoms with Crippen molar-refractivity contribution in [3.63, 3.8) is 0 Å². The van der Waals surface area contributed by atoms with Crippen molar-refractivity contribution in [2.24, 2.45) is 0 Å². The summed E-state index contributed by atoms with van der Waals surface area (Å²) in [6, 6.07) is 35.8. The molecule has 5 heterocycles. The van der Waals surface area contributed by atoms with Gasteiger partial charge in [-0.3, -0.25) is 0 Å². The van der Waals surface area contributed by atoms with Gasteiger partial charge in [-0.15, -0.1) is 0 Å². The van der Waals surface area contributed by atoms with Crippen LogP contribution in [-0.2, 0) is 0 Å². The Bertz CT molecular complexity index is 3360. The molecule has 13 heteroatoms. The number of methoxy groups -OCH3 is 3. The first-order valence-electron chi connectivity index (χ1n) is 20.6. The van der Waals surface area contributed by atoms with Crippen LogP contribution in [0.2, 0.25) is 0 Å². The third-order valence-electron chi connectivity index (χ3n) is 11.5. The molecule has 0 unspecified atom stereocenters. The van der Waals surface area contributed by atoms with Gasteiger partial charge in [-0.2, -0.15) is 0 Å². The standard InChI is InChI=1S/C53H37F4N5O3S/c1-63-32-12-4-28(5-13-32)44-36-20-22-38(59-36)45(29-6-14-33(64-2)15-7-29)40-24-26-42(61-40)47(48-49(54)51(56)53(52(57)50(48)55)66-35-18-10-31(58)11-19-35)43-27-25-41(62-43)46(39-23-21-37(44)60-39)30-8-16-34(65-3)17-9-30/h4-27,59,62H,58H2,1-3H3. The number of benzene rings is 5. The molecular weight excluding hydrogens is 863 g/mol. The highest BCUT2D eigenvalue weighted by atomic mass is 32.2. The minimum Gasteiger partial charge on any atom is -0.497 e. The third kappa shape index (κ3) is 7.52. The molecule has 0 saturated heterocycles. The number of anilines is 1. The highest BCUT2D eigenvalue weighted by Gasteiger charge is 2.30. The predicted octanol–water partition coefficient (Wildman–Crippen LogP) is 13.6. The SMILES string of the molecule is COc1ccc(-c2c3nc(c(-c4ccc(OC)cc4)c4ccc([nH]4)c(-c4c(F)c(F)c(Sc5ccc(N)cc5)c(F)c4F)c4nc(c(-c5ccc(OC)cc5)c5ccc2[nH]5)C=C4)C=C3)cc1. The number of ether oxygens (including phenoxy) is 3. The molecule has 8 nitrogen and oxygen atoms in total. The number of aromatic nitrogens is 4. The molecular formula is C53H37F4N5O3S. The van der Waals surface area contributed by atoms with E-state index in [0.29, 0.717) is 78.8 Å². The van der Waals surface area contributed by atoms with E-state index in [1.54, 1.807) is 45.6 Å². The Kier molecular flexibility index (Phi) is 10.9. The minimum atomic E-state index is -1.59. The third-order valence-corrected chi connectivity index (χ3v) is 12.5. The summed E-state index contributed by atoms with van der Waals surface area (Å²) in [5.41, 5.74) is 13.1. The van der Waals surface area contributed by atoms with E-state index in [-0.39, 0.29) is 16.8 Å². The van der Waals surface area contributed by atoms with E-state index >= 15 is 17.6 Å². The maximum atomic E-state index is 16.9. The van der Waals surface area contributed by atoms with Crippen molar-refractivity contribution in [2.45, 2.75) is 9.79 Å². The molecule has 2 aliphatic rings. The van der Waals surface area contributed by atoms with Crippen LogP contribution in [0.4, 0.5) is 23.2 Å². The van der Waals surface area contributed by atoms with Crippen LogP contribution in [0.25, 0.3) is 90.9 Å². The largest absolute Gasteiger partial charge is 0.497 e. The molecule has 66 heavy (non-hydrogen) atoms. The molecule has 326 valence electrons. The summed E-state index contributed by atoms with van der Waals surface area (Å²) in [4.78, 5) is 16.7. The average molecular weight is 900 g/mol. The fourth-order valence-electron chi connectivity index (χ4n) is 8.23. The Morgan fingerprint density at radius 1 is 0.409 bits per heavy atom. The van der Waals surface area contributed by atoms with Crippen molar-refractivity contribution < 1.29 is 31.8 Å². The summed E-state index contributed by atoms with van der Waals surface area (Å²) < 4.78 is 83.0. The van der Waals surface area contributed by atoms with Crippen LogP contribution in [0, 0.1) is 23.3 Å². The van der Waals surface area contributed by atoms with Crippen LogP contribution < -0.4 is 19.9 Å². The number of hydrogen-bond donors (Lipinski definition) is 3. The van der Waals surface area contributed by atoms with E-state index in [0.717, 1.165) is 27.8 Å². The number of aromatic amines is 2. The summed E-state index contributed by atoms with van der Waals surface area (Å²) in [5.74, 6) is -4.35. The highest BCUT2D eigenvalue weighted by molar-refractivity contribution is 7.99. The highest BCUT2D eigenvalue weighted by Crippen LogP contribution is 2.44. The number of hydrogen-bond acceptors (Lipinski definition) is 7. The quantitative estimate of drug-likeness (QED) is 0.0751. The van der Waals surface area contributed by atoms with Crippen LogP contribution in [0.5, 0.6) is 17.2 Å². The first-order valence-corrected chi connectivity index (χ1v) is 21.4. The topological polar surface area (TPSA) is 111 Å². The summed E-state index contributed by atoms with van der Waals surface area (Å²) >= 11 is 0.549. The molecule has 8 aromatic rings. The first-order chi connectivity index (χ1) is 32.1. The van der Waals surface area contributed by atoms with Crippen LogP contribution >= 0.6 is 11.8 Å². The second-order valence-corrected chi connectivity index (χ2v) is 16.4. The lowest BCUT2D eigenvalue weighted by molar-refractivity contribution is 0.415. The molecule has 8 bridgehead atoms. The van der Waals surface area contributed by atoms with Gasteiger partial charge in [0, 0.05) is 54.9 Å². The number of halogens is 4. The van der Waals surface area contributed by atoms with Gasteiger partial charge in [-0.25, -0.2) is 27.5 Å². The second kappa shape index (κ2) is 17.2. The van der Waals surface area contributed by atoms with E-state index in [1.807, 2.05) is 97.1 Å². The average Bonchev–Trinajstić information content (AvgIpc) is 4.20. The van der Waals surface area contributed by atoms with E-state index in [2.05, 4.69) is 9.97 Å². The predicted molar refractivity (Wildman–Crippen MR) is 255 cm³/mol. The molecule has 0 spiro atoms. The number of nitrogens with two attached hydrogens (primary N) is 1. The van der Waals surface area contributed by atoms with Crippen LogP contribution in [0.15, 0.2) is 131 Å². The van der Waals surface area contributed by atoms with Gasteiger partial charge in [-0.1, -0.05) is 48.2 Å². The summed E-state index contributed by atoms with van der Waals surface area (Å²) in [5, 5.41) is 0. The molecule has 0 saturated carbocycles. The van der Waals surface area contributed by atoms with Crippen LogP contribution in [0.1, 0.15) is 22.8 Å². The van der Waals surface area contributed by atoms with Gasteiger partial charge < -0.3 is 29.9 Å². The van der Waals surface area contributed by atoms with E-state index in [1.165, 1.54) is 24.3 Å². The zero-order valence-electron chi connectivity index (χ0n) is 35.5. The lowest BCUT2D eigenvalue weighted by Gasteiger charge is -2.13. The summed E-state index contributed by atoms with van der Waals surface area (Å²) in [6.07, 6.45) is 7.11. The Morgan fingerprint density at radius 3 is 1.09 bits per heavy atom. The van der Waals surface area contributed by atoms with E-state index in [9.17, 15) is 0 Å². The van der Waals surface area contributed by atoms with Gasteiger partial charge >= 0.3 is 0 Å². The van der Waals surface area contributed by atoms with Gasteiger partial charge in [0.05, 0.1) is 54.6 Å². The molecule has 0 atom stereocenters. The van der Waals surface area contributed by atoms with Crippen molar-refractivity contribution in [1.82, 2.24) is 19.9 Å². The van der Waals surface area contributed by atoms with Crippen molar-refractivity contribution in [3.05, 3.63) is 167 Å². The molecule has 0 amide bonds. The molecule has 0 radical (unpaired) electrons. The monoisotopic (exact) mass is 899 g/mol. The lowest BCUT2D eigenvalue weighted by Crippen LogP contribution is -2.04. The van der Waals surface area contributed by atoms with Crippen molar-refractivity contribution in [1.29, 1.82) is 0 Å². The van der Waals surface area contributed by atoms with Gasteiger partial charge in [-0.05, 0) is 126 Å². The van der Waals surface area contributed by atoms with Gasteiger partial charge in [0.2, 0.25) is 0 Å². The number of nitrogens with one attached hydrogen (secondary N) is 2. The minimum absolute atomic E-state index is 0.0454. The van der Waals surface area contributed by atoms with Crippen molar-refractivity contribution >= 4 is 63.8 Å². The Balaban J connectivity index is 1.34. The van der Waals surface area contributed by atoms with Crippen molar-refractivity contribution in [2.75, 3.05) is 27.1 Å². The summed E-state index contributed by atoms with van der Waals surface area (Å²) in [7, 11) is 4.76. The Hall–Kier alpha value is -8.03. The normalized spacial score (nSPS) is 11.9. The number of fused-ring (bicyclic) bond motifs is 8. The molecule has 4 N–H and O–H groups in total. The smallest absolute Gasteiger partial charge is 0.176 e. The Morgan fingerprint density at radius 2 is 0.742 bits per heavy atom. The molecule has 0 fully saturated rings. The molecule has 0 aliphatic carbocycles. The zero-order chi connectivity index (χ0) is 45.6.